The van der Waals surface area contributed by atoms with Gasteiger partial charge in [-0.1, -0.05) is 0 Å². The Morgan fingerprint density at radius 3 is 2.50 bits per heavy atom. The van der Waals surface area contributed by atoms with Gasteiger partial charge in [0.1, 0.15) is 6.10 Å². The Morgan fingerprint density at radius 2 is 2.00 bits per heavy atom. The molecule has 1 rings (SSSR count). The fourth-order valence-corrected chi connectivity index (χ4v) is 1.70. The van der Waals surface area contributed by atoms with Crippen molar-refractivity contribution in [3.05, 3.63) is 5.21 Å². The molecule has 9 heteroatoms. The highest BCUT2D eigenvalue weighted by Crippen LogP contribution is 2.21. The molecule has 1 saturated heterocycles. The second-order valence-electron chi connectivity index (χ2n) is 5.90. The average molecular weight is 298 g/mol. The maximum Gasteiger partial charge on any atom is 0.401 e. The van der Waals surface area contributed by atoms with Gasteiger partial charge in [-0.3, -0.25) is 4.90 Å². The minimum atomic E-state index is -4.22. The highest BCUT2D eigenvalue weighted by Gasteiger charge is 2.35. The van der Waals surface area contributed by atoms with E-state index in [1.54, 1.807) is 7.05 Å². The zero-order valence-corrected chi connectivity index (χ0v) is 12.1. The van der Waals surface area contributed by atoms with E-state index in [0.29, 0.717) is 11.4 Å². The number of rotatable bonds is 4. The van der Waals surface area contributed by atoms with Crippen LogP contribution in [0.3, 0.4) is 0 Å². The molecule has 0 aromatic carbocycles. The summed E-state index contributed by atoms with van der Waals surface area (Å²) in [6.45, 7) is 4.93. The van der Waals surface area contributed by atoms with Crippen molar-refractivity contribution in [3.63, 3.8) is 0 Å². The number of alkyl halides is 3. The van der Waals surface area contributed by atoms with Crippen LogP contribution in [0.2, 0.25) is 0 Å². The maximum absolute atomic E-state index is 12.2. The Morgan fingerprint density at radius 1 is 1.40 bits per heavy atom. The summed E-state index contributed by atoms with van der Waals surface area (Å²) in [5.74, 6) is 0. The molecule has 0 aromatic heterocycles. The summed E-state index contributed by atoms with van der Waals surface area (Å²) in [6, 6.07) is 0. The lowest BCUT2D eigenvalue weighted by atomic mass is 10.1. The molecule has 20 heavy (non-hydrogen) atoms. The SMILES string of the molecule is CN(/[N+]([O-])=N\O[C@@H]1CCN(CC(F)(F)F)C1)C(C)(C)C. The van der Waals surface area contributed by atoms with Crippen LogP contribution in [0, 0.1) is 5.21 Å². The minimum Gasteiger partial charge on any atom is -0.569 e. The Balaban J connectivity index is 2.44. The fourth-order valence-electron chi connectivity index (χ4n) is 1.70. The molecular weight excluding hydrogens is 277 g/mol. The lowest BCUT2D eigenvalue weighted by Crippen LogP contribution is -2.42. The summed E-state index contributed by atoms with van der Waals surface area (Å²) in [7, 11) is 1.56. The first kappa shape index (κ1) is 16.8. The van der Waals surface area contributed by atoms with Gasteiger partial charge in [0.05, 0.1) is 24.1 Å². The predicted molar refractivity (Wildman–Crippen MR) is 65.6 cm³/mol. The average Bonchev–Trinajstić information content (AvgIpc) is 2.68. The first-order valence-electron chi connectivity index (χ1n) is 6.36. The van der Waals surface area contributed by atoms with Gasteiger partial charge in [-0.2, -0.15) is 13.2 Å². The number of halogens is 3. The summed E-state index contributed by atoms with van der Waals surface area (Å²) in [5.41, 5.74) is -0.424. The van der Waals surface area contributed by atoms with Gasteiger partial charge in [0.25, 0.3) is 0 Å². The molecule has 6 nitrogen and oxygen atoms in total. The topological polar surface area (TPSA) is 54.1 Å². The van der Waals surface area contributed by atoms with Crippen molar-refractivity contribution in [2.24, 2.45) is 5.28 Å². The highest BCUT2D eigenvalue weighted by molar-refractivity contribution is 4.77. The predicted octanol–water partition coefficient (Wildman–Crippen LogP) is 2.16. The lowest BCUT2D eigenvalue weighted by molar-refractivity contribution is -0.720. The summed E-state index contributed by atoms with van der Waals surface area (Å²) in [5, 5.41) is 16.3. The molecule has 0 bridgehead atoms. The van der Waals surface area contributed by atoms with E-state index in [4.69, 9.17) is 4.84 Å². The number of nitrogens with zero attached hydrogens (tertiary/aromatic N) is 4. The molecule has 1 aliphatic rings. The quantitative estimate of drug-likeness (QED) is 0.453. The van der Waals surface area contributed by atoms with E-state index >= 15 is 0 Å². The zero-order chi connectivity index (χ0) is 15.6. The van der Waals surface area contributed by atoms with Gasteiger partial charge in [0, 0.05) is 19.5 Å². The molecule has 1 aliphatic heterocycles. The molecule has 118 valence electrons. The van der Waals surface area contributed by atoms with Gasteiger partial charge in [-0.25, -0.2) is 0 Å². The Labute approximate surface area is 116 Å². The van der Waals surface area contributed by atoms with E-state index in [1.807, 2.05) is 20.8 Å². The van der Waals surface area contributed by atoms with Crippen molar-refractivity contribution in [3.8, 4) is 0 Å². The van der Waals surface area contributed by atoms with Gasteiger partial charge in [0.15, 0.2) is 0 Å². The number of hydrogen-bond donors (Lipinski definition) is 0. The second-order valence-corrected chi connectivity index (χ2v) is 5.90. The van der Waals surface area contributed by atoms with Crippen LogP contribution in [0.1, 0.15) is 27.2 Å². The molecule has 0 spiro atoms. The first-order valence-corrected chi connectivity index (χ1v) is 6.36. The van der Waals surface area contributed by atoms with Crippen molar-refractivity contribution in [2.75, 3.05) is 26.7 Å². The van der Waals surface area contributed by atoms with Crippen molar-refractivity contribution in [1.82, 2.24) is 9.91 Å². The number of likely N-dealkylation sites (tertiary alicyclic amines) is 1. The summed E-state index contributed by atoms with van der Waals surface area (Å²) in [4.78, 5) is 6.56. The Bertz CT molecular complexity index is 355. The van der Waals surface area contributed by atoms with Crippen molar-refractivity contribution in [2.45, 2.75) is 45.0 Å². The first-order chi connectivity index (χ1) is 8.99. The smallest absolute Gasteiger partial charge is 0.401 e. The molecule has 0 unspecified atom stereocenters. The molecule has 1 fully saturated rings. The minimum absolute atomic E-state index is 0.121. The lowest BCUT2D eigenvalue weighted by Gasteiger charge is -2.26. The van der Waals surface area contributed by atoms with Crippen LogP contribution in [0.15, 0.2) is 5.28 Å². The third-order valence-corrected chi connectivity index (χ3v) is 3.13. The monoisotopic (exact) mass is 298 g/mol. The molecule has 0 aliphatic carbocycles. The molecule has 0 N–H and O–H groups in total. The van der Waals surface area contributed by atoms with Crippen LogP contribution in [0.25, 0.3) is 0 Å². The second kappa shape index (κ2) is 6.02. The summed E-state index contributed by atoms with van der Waals surface area (Å²) in [6.07, 6.45) is -4.28. The molecule has 0 aromatic rings. The van der Waals surface area contributed by atoms with Crippen LogP contribution in [-0.4, -0.2) is 59.4 Å². The zero-order valence-electron chi connectivity index (χ0n) is 12.1. The van der Waals surface area contributed by atoms with Crippen LogP contribution >= 0.6 is 0 Å². The molecule has 1 heterocycles. The van der Waals surface area contributed by atoms with Crippen LogP contribution < -0.4 is 0 Å². The van der Waals surface area contributed by atoms with E-state index in [1.165, 1.54) is 9.91 Å². The van der Waals surface area contributed by atoms with Gasteiger partial charge < -0.3 is 10.0 Å². The normalized spacial score (nSPS) is 22.1. The van der Waals surface area contributed by atoms with Crippen LogP contribution in [-0.2, 0) is 4.84 Å². The largest absolute Gasteiger partial charge is 0.569 e. The van der Waals surface area contributed by atoms with E-state index in [9.17, 15) is 18.4 Å². The van der Waals surface area contributed by atoms with E-state index in [-0.39, 0.29) is 13.1 Å². The molecule has 0 radical (unpaired) electrons. The van der Waals surface area contributed by atoms with Gasteiger partial charge in [0.2, 0.25) is 5.28 Å². The van der Waals surface area contributed by atoms with E-state index < -0.39 is 24.4 Å². The van der Waals surface area contributed by atoms with Gasteiger partial charge >= 0.3 is 6.18 Å². The third-order valence-electron chi connectivity index (χ3n) is 3.13. The highest BCUT2D eigenvalue weighted by atomic mass is 19.4. The summed E-state index contributed by atoms with van der Waals surface area (Å²) >= 11 is 0. The molecule has 0 saturated carbocycles. The number of hydrazine groups is 1. The van der Waals surface area contributed by atoms with Crippen molar-refractivity contribution in [1.29, 1.82) is 0 Å². The van der Waals surface area contributed by atoms with Crippen LogP contribution in [0.4, 0.5) is 13.2 Å². The molecule has 0 amide bonds. The summed E-state index contributed by atoms with van der Waals surface area (Å²) < 4.78 is 36.6. The van der Waals surface area contributed by atoms with E-state index in [0.717, 1.165) is 0 Å². The standard InChI is InChI=1S/C11H21F3N4O2/c1-10(2,3)16(4)18(19)15-20-9-5-6-17(7-9)8-11(12,13)14/h9H,5-8H2,1-4H3/b18-15+/t9-/m1/s1. The maximum atomic E-state index is 12.2. The number of hydrogen-bond acceptors (Lipinski definition) is 4. The van der Waals surface area contributed by atoms with Gasteiger partial charge in [-0.05, 0) is 20.8 Å². The van der Waals surface area contributed by atoms with Crippen LogP contribution in [0.5, 0.6) is 0 Å². The Hall–Kier alpha value is -1.25. The van der Waals surface area contributed by atoms with Crippen molar-refractivity contribution >= 4 is 0 Å². The third kappa shape index (κ3) is 5.40. The van der Waals surface area contributed by atoms with E-state index in [2.05, 4.69) is 5.28 Å². The van der Waals surface area contributed by atoms with Gasteiger partial charge in [-0.15, -0.1) is 5.01 Å². The molecular formula is C11H21F3N4O2. The van der Waals surface area contributed by atoms with Crippen molar-refractivity contribution < 1.29 is 23.0 Å². The molecule has 1 atom stereocenters. The fraction of sp³-hybridized carbons (Fsp3) is 1.00. The Kier molecular flexibility index (Phi) is 5.06.